The van der Waals surface area contributed by atoms with E-state index in [4.69, 9.17) is 9.52 Å². The fourth-order valence-electron chi connectivity index (χ4n) is 1.77. The van der Waals surface area contributed by atoms with Crippen molar-refractivity contribution in [2.24, 2.45) is 0 Å². The SMILES string of the molecule is CCCN(CC(=O)O)C(=O)NC(C)Cc1ccco1. The number of hydrogen-bond donors (Lipinski definition) is 2. The Labute approximate surface area is 112 Å². The maximum Gasteiger partial charge on any atom is 0.323 e. The Morgan fingerprint density at radius 1 is 1.53 bits per heavy atom. The van der Waals surface area contributed by atoms with Crippen LogP contribution in [0.5, 0.6) is 0 Å². The van der Waals surface area contributed by atoms with Crippen LogP contribution in [-0.4, -0.2) is 41.1 Å². The molecule has 1 aromatic rings. The van der Waals surface area contributed by atoms with Crippen LogP contribution >= 0.6 is 0 Å². The average molecular weight is 268 g/mol. The van der Waals surface area contributed by atoms with Gasteiger partial charge >= 0.3 is 12.0 Å². The van der Waals surface area contributed by atoms with Crippen LogP contribution in [0.4, 0.5) is 4.79 Å². The number of furan rings is 1. The number of carboxylic acid groups (broad SMARTS) is 1. The number of urea groups is 1. The zero-order chi connectivity index (χ0) is 14.3. The first-order valence-electron chi connectivity index (χ1n) is 6.32. The van der Waals surface area contributed by atoms with Crippen LogP contribution in [0.2, 0.25) is 0 Å². The van der Waals surface area contributed by atoms with Gasteiger partial charge in [0.1, 0.15) is 12.3 Å². The van der Waals surface area contributed by atoms with Gasteiger partial charge in [0, 0.05) is 19.0 Å². The standard InChI is InChI=1S/C13H20N2O4/c1-3-6-15(9-12(16)17)13(18)14-10(2)8-11-5-4-7-19-11/h4-5,7,10H,3,6,8-9H2,1-2H3,(H,14,18)(H,16,17). The highest BCUT2D eigenvalue weighted by Crippen LogP contribution is 2.04. The number of carboxylic acids is 1. The van der Waals surface area contributed by atoms with E-state index in [9.17, 15) is 9.59 Å². The molecular weight excluding hydrogens is 248 g/mol. The maximum absolute atomic E-state index is 11.9. The number of rotatable bonds is 7. The molecule has 1 atom stereocenters. The molecule has 6 nitrogen and oxygen atoms in total. The first-order valence-corrected chi connectivity index (χ1v) is 6.32. The summed E-state index contributed by atoms with van der Waals surface area (Å²) in [5.41, 5.74) is 0. The molecule has 0 spiro atoms. The van der Waals surface area contributed by atoms with E-state index in [0.29, 0.717) is 19.4 Å². The molecule has 1 heterocycles. The molecular formula is C13H20N2O4. The summed E-state index contributed by atoms with van der Waals surface area (Å²) in [6, 6.07) is 3.15. The van der Waals surface area contributed by atoms with Gasteiger partial charge in [0.05, 0.1) is 6.26 Å². The van der Waals surface area contributed by atoms with E-state index in [1.807, 2.05) is 19.9 Å². The molecule has 0 fully saturated rings. The molecule has 0 aliphatic heterocycles. The number of carbonyl (C=O) groups excluding carboxylic acids is 1. The average Bonchev–Trinajstić information content (AvgIpc) is 2.80. The van der Waals surface area contributed by atoms with Crippen LogP contribution in [0, 0.1) is 0 Å². The summed E-state index contributed by atoms with van der Waals surface area (Å²) in [6.45, 7) is 3.89. The number of carbonyl (C=O) groups is 2. The van der Waals surface area contributed by atoms with Gasteiger partial charge in [0.2, 0.25) is 0 Å². The van der Waals surface area contributed by atoms with Crippen LogP contribution in [0.3, 0.4) is 0 Å². The molecule has 0 radical (unpaired) electrons. The molecule has 0 aromatic carbocycles. The Balaban J connectivity index is 2.48. The lowest BCUT2D eigenvalue weighted by Gasteiger charge is -2.23. The van der Waals surface area contributed by atoms with Gasteiger partial charge < -0.3 is 19.7 Å². The van der Waals surface area contributed by atoms with Crippen LogP contribution in [0.25, 0.3) is 0 Å². The summed E-state index contributed by atoms with van der Waals surface area (Å²) in [4.78, 5) is 23.9. The molecule has 19 heavy (non-hydrogen) atoms. The lowest BCUT2D eigenvalue weighted by Crippen LogP contribution is -2.46. The third-order valence-corrected chi connectivity index (χ3v) is 2.56. The molecule has 1 aromatic heterocycles. The zero-order valence-corrected chi connectivity index (χ0v) is 11.3. The first-order chi connectivity index (χ1) is 9.02. The second kappa shape index (κ2) is 7.45. The summed E-state index contributed by atoms with van der Waals surface area (Å²) in [7, 11) is 0. The van der Waals surface area contributed by atoms with Gasteiger partial charge in [-0.05, 0) is 25.5 Å². The number of nitrogens with one attached hydrogen (secondary N) is 1. The quantitative estimate of drug-likeness (QED) is 0.788. The maximum atomic E-state index is 11.9. The molecule has 2 amide bonds. The third-order valence-electron chi connectivity index (χ3n) is 2.56. The van der Waals surface area contributed by atoms with Gasteiger partial charge in [0.15, 0.2) is 0 Å². The van der Waals surface area contributed by atoms with E-state index < -0.39 is 5.97 Å². The van der Waals surface area contributed by atoms with Gasteiger partial charge in [-0.15, -0.1) is 0 Å². The largest absolute Gasteiger partial charge is 0.480 e. The van der Waals surface area contributed by atoms with Crippen LogP contribution in [0.15, 0.2) is 22.8 Å². The molecule has 1 rings (SSSR count). The predicted molar refractivity (Wildman–Crippen MR) is 69.9 cm³/mol. The van der Waals surface area contributed by atoms with Crippen LogP contribution in [0.1, 0.15) is 26.0 Å². The minimum absolute atomic E-state index is 0.119. The monoisotopic (exact) mass is 268 g/mol. The minimum atomic E-state index is -1.01. The van der Waals surface area contributed by atoms with Crippen LogP contribution in [-0.2, 0) is 11.2 Å². The van der Waals surface area contributed by atoms with E-state index in [-0.39, 0.29) is 18.6 Å². The van der Waals surface area contributed by atoms with Crippen molar-refractivity contribution in [3.8, 4) is 0 Å². The highest BCUT2D eigenvalue weighted by molar-refractivity contribution is 5.80. The van der Waals surface area contributed by atoms with Gasteiger partial charge in [-0.3, -0.25) is 4.79 Å². The van der Waals surface area contributed by atoms with Crippen molar-refractivity contribution < 1.29 is 19.1 Å². The fraction of sp³-hybridized carbons (Fsp3) is 0.538. The van der Waals surface area contributed by atoms with Gasteiger partial charge in [-0.2, -0.15) is 0 Å². The first kappa shape index (κ1) is 15.1. The Hall–Kier alpha value is -1.98. The molecule has 1 unspecified atom stereocenters. The van der Waals surface area contributed by atoms with Crippen molar-refractivity contribution >= 4 is 12.0 Å². The van der Waals surface area contributed by atoms with E-state index in [1.54, 1.807) is 12.3 Å². The van der Waals surface area contributed by atoms with Crippen molar-refractivity contribution in [2.75, 3.05) is 13.1 Å². The smallest absolute Gasteiger partial charge is 0.323 e. The second-order valence-corrected chi connectivity index (χ2v) is 4.45. The lowest BCUT2D eigenvalue weighted by molar-refractivity contribution is -0.137. The predicted octanol–water partition coefficient (Wildman–Crippen LogP) is 1.72. The summed E-state index contributed by atoms with van der Waals surface area (Å²) in [5, 5.41) is 11.5. The molecule has 0 saturated carbocycles. The Morgan fingerprint density at radius 2 is 2.26 bits per heavy atom. The summed E-state index contributed by atoms with van der Waals surface area (Å²) < 4.78 is 5.20. The van der Waals surface area contributed by atoms with Crippen molar-refractivity contribution in [3.05, 3.63) is 24.2 Å². The Morgan fingerprint density at radius 3 is 2.79 bits per heavy atom. The lowest BCUT2D eigenvalue weighted by atomic mass is 10.2. The van der Waals surface area contributed by atoms with Crippen LogP contribution < -0.4 is 5.32 Å². The van der Waals surface area contributed by atoms with Gasteiger partial charge in [-0.25, -0.2) is 4.79 Å². The normalized spacial score (nSPS) is 11.9. The minimum Gasteiger partial charge on any atom is -0.480 e. The van der Waals surface area contributed by atoms with E-state index in [0.717, 1.165) is 5.76 Å². The number of hydrogen-bond acceptors (Lipinski definition) is 3. The molecule has 0 bridgehead atoms. The molecule has 0 aliphatic rings. The molecule has 2 N–H and O–H groups in total. The molecule has 106 valence electrons. The Bertz CT molecular complexity index is 403. The summed E-state index contributed by atoms with van der Waals surface area (Å²) in [6.07, 6.45) is 2.87. The second-order valence-electron chi connectivity index (χ2n) is 4.45. The highest BCUT2D eigenvalue weighted by atomic mass is 16.4. The van der Waals surface area contributed by atoms with E-state index in [2.05, 4.69) is 5.32 Å². The molecule has 6 heteroatoms. The number of nitrogens with zero attached hydrogens (tertiary/aromatic N) is 1. The summed E-state index contributed by atoms with van der Waals surface area (Å²) >= 11 is 0. The van der Waals surface area contributed by atoms with Gasteiger partial charge in [0.25, 0.3) is 0 Å². The van der Waals surface area contributed by atoms with Crippen molar-refractivity contribution in [2.45, 2.75) is 32.7 Å². The molecule has 0 aliphatic carbocycles. The topological polar surface area (TPSA) is 82.8 Å². The van der Waals surface area contributed by atoms with E-state index >= 15 is 0 Å². The zero-order valence-electron chi connectivity index (χ0n) is 11.3. The van der Waals surface area contributed by atoms with Crippen molar-refractivity contribution in [3.63, 3.8) is 0 Å². The van der Waals surface area contributed by atoms with E-state index in [1.165, 1.54) is 4.90 Å². The highest BCUT2D eigenvalue weighted by Gasteiger charge is 2.18. The van der Waals surface area contributed by atoms with Crippen molar-refractivity contribution in [1.29, 1.82) is 0 Å². The van der Waals surface area contributed by atoms with Crippen molar-refractivity contribution in [1.82, 2.24) is 10.2 Å². The Kier molecular flexibility index (Phi) is 5.92. The number of amides is 2. The molecule has 0 saturated heterocycles. The van der Waals surface area contributed by atoms with Gasteiger partial charge in [-0.1, -0.05) is 6.92 Å². The number of aliphatic carboxylic acids is 1. The third kappa shape index (κ3) is 5.46. The fourth-order valence-corrected chi connectivity index (χ4v) is 1.77. The summed E-state index contributed by atoms with van der Waals surface area (Å²) in [5.74, 6) is -0.227.